The van der Waals surface area contributed by atoms with Gasteiger partial charge in [0.2, 0.25) is 0 Å². The number of aryl methyl sites for hydroxylation is 2. The van der Waals surface area contributed by atoms with E-state index < -0.39 is 12.1 Å². The lowest BCUT2D eigenvalue weighted by molar-refractivity contribution is 0.240. The Bertz CT molecular complexity index is 654. The second-order valence-electron chi connectivity index (χ2n) is 4.72. The minimum atomic E-state index is -0.580. The summed E-state index contributed by atoms with van der Waals surface area (Å²) in [5, 5.41) is 7.43. The van der Waals surface area contributed by atoms with Crippen LogP contribution < -0.4 is 16.0 Å². The van der Waals surface area contributed by atoms with Crippen LogP contribution >= 0.6 is 0 Å². The quantitative estimate of drug-likeness (QED) is 0.787. The first-order valence-electron chi connectivity index (χ1n) is 6.56. The molecule has 4 amide bonds. The maximum atomic E-state index is 11.8. The van der Waals surface area contributed by atoms with Crippen LogP contribution in [0.3, 0.4) is 0 Å². The Kier molecular flexibility index (Phi) is 4.56. The van der Waals surface area contributed by atoms with Crippen LogP contribution in [0.25, 0.3) is 0 Å². The van der Waals surface area contributed by atoms with E-state index in [-0.39, 0.29) is 0 Å². The minimum absolute atomic E-state index is 0.574. The fourth-order valence-corrected chi connectivity index (χ4v) is 1.89. The Hall–Kier alpha value is -2.82. The highest BCUT2D eigenvalue weighted by Gasteiger charge is 2.09. The highest BCUT2D eigenvalue weighted by Crippen LogP contribution is 2.15. The Labute approximate surface area is 123 Å². The zero-order chi connectivity index (χ0) is 15.2. The van der Waals surface area contributed by atoms with Gasteiger partial charge in [-0.05, 0) is 37.6 Å². The lowest BCUT2D eigenvalue weighted by Gasteiger charge is -2.10. The Morgan fingerprint density at radius 1 is 0.857 bits per heavy atom. The first kappa shape index (κ1) is 14.6. The molecule has 0 spiro atoms. The van der Waals surface area contributed by atoms with Crippen molar-refractivity contribution in [1.29, 1.82) is 0 Å². The third-order valence-electron chi connectivity index (χ3n) is 2.89. The van der Waals surface area contributed by atoms with Gasteiger partial charge in [-0.1, -0.05) is 35.9 Å². The molecule has 5 heteroatoms. The SMILES string of the molecule is Cc1ccc(NC(=O)NC(=O)Nc2ccccc2)c(C)c1. The van der Waals surface area contributed by atoms with Crippen molar-refractivity contribution < 1.29 is 9.59 Å². The molecule has 2 rings (SSSR count). The molecule has 108 valence electrons. The molecule has 3 N–H and O–H groups in total. The van der Waals surface area contributed by atoms with Gasteiger partial charge in [0.05, 0.1) is 0 Å². The molecule has 0 unspecified atom stereocenters. The molecule has 5 nitrogen and oxygen atoms in total. The van der Waals surface area contributed by atoms with Gasteiger partial charge in [0.1, 0.15) is 0 Å². The number of hydrogen-bond acceptors (Lipinski definition) is 2. The summed E-state index contributed by atoms with van der Waals surface area (Å²) in [7, 11) is 0. The average molecular weight is 283 g/mol. The molecule has 2 aromatic rings. The number of amides is 4. The molecule has 0 heterocycles. The van der Waals surface area contributed by atoms with Gasteiger partial charge in [-0.3, -0.25) is 5.32 Å². The lowest BCUT2D eigenvalue weighted by Crippen LogP contribution is -2.37. The Morgan fingerprint density at radius 2 is 1.52 bits per heavy atom. The van der Waals surface area contributed by atoms with Crippen molar-refractivity contribution in [3.63, 3.8) is 0 Å². The van der Waals surface area contributed by atoms with Crippen LogP contribution in [0, 0.1) is 13.8 Å². The van der Waals surface area contributed by atoms with E-state index in [2.05, 4.69) is 16.0 Å². The summed E-state index contributed by atoms with van der Waals surface area (Å²) in [4.78, 5) is 23.4. The van der Waals surface area contributed by atoms with Crippen LogP contribution in [-0.4, -0.2) is 12.1 Å². The molecule has 2 aromatic carbocycles. The van der Waals surface area contributed by atoms with Gasteiger partial charge in [0, 0.05) is 11.4 Å². The predicted molar refractivity (Wildman–Crippen MR) is 83.5 cm³/mol. The highest BCUT2D eigenvalue weighted by atomic mass is 16.2. The number of nitrogens with one attached hydrogen (secondary N) is 3. The first-order valence-corrected chi connectivity index (χ1v) is 6.56. The molecule has 0 fully saturated rings. The minimum Gasteiger partial charge on any atom is -0.308 e. The molecule has 0 saturated carbocycles. The summed E-state index contributed by atoms with van der Waals surface area (Å²) in [5.74, 6) is 0. The van der Waals surface area contributed by atoms with E-state index in [0.29, 0.717) is 11.4 Å². The third-order valence-corrected chi connectivity index (χ3v) is 2.89. The van der Waals surface area contributed by atoms with Gasteiger partial charge in [0.25, 0.3) is 0 Å². The molecule has 0 aliphatic carbocycles. The number of rotatable bonds is 2. The van der Waals surface area contributed by atoms with E-state index >= 15 is 0 Å². The number of carbonyl (C=O) groups excluding carboxylic acids is 2. The summed E-state index contributed by atoms with van der Waals surface area (Å²) >= 11 is 0. The van der Waals surface area contributed by atoms with Gasteiger partial charge in [0.15, 0.2) is 0 Å². The molecular formula is C16H17N3O2. The van der Waals surface area contributed by atoms with Gasteiger partial charge in [-0.25, -0.2) is 9.59 Å². The highest BCUT2D eigenvalue weighted by molar-refractivity contribution is 6.05. The number of carbonyl (C=O) groups is 2. The summed E-state index contributed by atoms with van der Waals surface area (Å²) in [5.41, 5.74) is 3.34. The fraction of sp³-hybridized carbons (Fsp3) is 0.125. The van der Waals surface area contributed by atoms with Crippen molar-refractivity contribution in [2.75, 3.05) is 10.6 Å². The maximum absolute atomic E-state index is 11.8. The van der Waals surface area contributed by atoms with E-state index in [9.17, 15) is 9.59 Å². The maximum Gasteiger partial charge on any atom is 0.327 e. The van der Waals surface area contributed by atoms with Crippen molar-refractivity contribution in [2.24, 2.45) is 0 Å². The number of anilines is 2. The van der Waals surface area contributed by atoms with Crippen molar-refractivity contribution in [1.82, 2.24) is 5.32 Å². The number of hydrogen-bond donors (Lipinski definition) is 3. The molecule has 0 aromatic heterocycles. The largest absolute Gasteiger partial charge is 0.327 e. The summed E-state index contributed by atoms with van der Waals surface area (Å²) in [6.07, 6.45) is 0. The second kappa shape index (κ2) is 6.56. The average Bonchev–Trinajstić information content (AvgIpc) is 2.43. The molecule has 0 aliphatic rings. The third kappa shape index (κ3) is 4.35. The fourth-order valence-electron chi connectivity index (χ4n) is 1.89. The van der Waals surface area contributed by atoms with Gasteiger partial charge < -0.3 is 10.6 Å². The van der Waals surface area contributed by atoms with Gasteiger partial charge >= 0.3 is 12.1 Å². The Balaban J connectivity index is 1.91. The molecule has 0 radical (unpaired) electrons. The molecule has 21 heavy (non-hydrogen) atoms. The summed E-state index contributed by atoms with van der Waals surface area (Å²) in [6, 6.07) is 13.4. The summed E-state index contributed by atoms with van der Waals surface area (Å²) < 4.78 is 0. The second-order valence-corrected chi connectivity index (χ2v) is 4.72. The van der Waals surface area contributed by atoms with Crippen LogP contribution in [0.15, 0.2) is 48.5 Å². The van der Waals surface area contributed by atoms with Gasteiger partial charge in [-0.15, -0.1) is 0 Å². The van der Waals surface area contributed by atoms with E-state index in [1.165, 1.54) is 0 Å². The van der Waals surface area contributed by atoms with Crippen molar-refractivity contribution in [2.45, 2.75) is 13.8 Å². The van der Waals surface area contributed by atoms with Crippen molar-refractivity contribution in [3.8, 4) is 0 Å². The first-order chi connectivity index (χ1) is 10.0. The standard InChI is InChI=1S/C16H17N3O2/c1-11-8-9-14(12(2)10-11)18-16(21)19-15(20)17-13-6-4-3-5-7-13/h3-10H,1-2H3,(H3,17,18,19,20,21). The zero-order valence-corrected chi connectivity index (χ0v) is 11.9. The molecule has 0 bridgehead atoms. The van der Waals surface area contributed by atoms with Crippen LogP contribution in [-0.2, 0) is 0 Å². The van der Waals surface area contributed by atoms with Crippen LogP contribution in [0.5, 0.6) is 0 Å². The van der Waals surface area contributed by atoms with Gasteiger partial charge in [-0.2, -0.15) is 0 Å². The molecule has 0 atom stereocenters. The van der Waals surface area contributed by atoms with Crippen molar-refractivity contribution in [3.05, 3.63) is 59.7 Å². The molecule has 0 aliphatic heterocycles. The normalized spacial score (nSPS) is 9.81. The number of imide groups is 1. The Morgan fingerprint density at radius 3 is 2.19 bits per heavy atom. The molecular weight excluding hydrogens is 266 g/mol. The van der Waals surface area contributed by atoms with E-state index in [1.54, 1.807) is 30.3 Å². The van der Waals surface area contributed by atoms with E-state index in [1.807, 2.05) is 32.0 Å². The van der Waals surface area contributed by atoms with E-state index in [0.717, 1.165) is 11.1 Å². The number of benzene rings is 2. The predicted octanol–water partition coefficient (Wildman–Crippen LogP) is 3.66. The lowest BCUT2D eigenvalue weighted by atomic mass is 10.1. The summed E-state index contributed by atoms with van der Waals surface area (Å²) in [6.45, 7) is 3.87. The topological polar surface area (TPSA) is 70.2 Å². The monoisotopic (exact) mass is 283 g/mol. The number of para-hydroxylation sites is 1. The van der Waals surface area contributed by atoms with E-state index in [4.69, 9.17) is 0 Å². The number of urea groups is 2. The van der Waals surface area contributed by atoms with Crippen LogP contribution in [0.1, 0.15) is 11.1 Å². The zero-order valence-electron chi connectivity index (χ0n) is 11.9. The molecule has 0 saturated heterocycles. The van der Waals surface area contributed by atoms with Crippen LogP contribution in [0.2, 0.25) is 0 Å². The van der Waals surface area contributed by atoms with Crippen LogP contribution in [0.4, 0.5) is 21.0 Å². The van der Waals surface area contributed by atoms with Crippen molar-refractivity contribution >= 4 is 23.4 Å². The smallest absolute Gasteiger partial charge is 0.308 e.